The zero-order valence-corrected chi connectivity index (χ0v) is 8.99. The van der Waals surface area contributed by atoms with Crippen molar-refractivity contribution in [3.05, 3.63) is 28.8 Å². The molecule has 1 saturated heterocycles. The average molecular weight is 227 g/mol. The first-order chi connectivity index (χ1) is 7.09. The number of esters is 1. The van der Waals surface area contributed by atoms with Crippen LogP contribution in [0.4, 0.5) is 0 Å². The Morgan fingerprint density at radius 1 is 1.53 bits per heavy atom. The second-order valence-electron chi connectivity index (χ2n) is 3.79. The third-order valence-electron chi connectivity index (χ3n) is 2.64. The lowest BCUT2D eigenvalue weighted by Crippen LogP contribution is -2.11. The van der Waals surface area contributed by atoms with Crippen LogP contribution in [0.25, 0.3) is 0 Å². The normalized spacial score (nSPS) is 25.3. The number of phenolic OH excluding ortho intramolecular Hbond substituents is 1. The molecule has 0 amide bonds. The van der Waals surface area contributed by atoms with E-state index in [0.29, 0.717) is 17.2 Å². The minimum Gasteiger partial charge on any atom is -0.508 e. The zero-order chi connectivity index (χ0) is 11.0. The molecule has 0 bridgehead atoms. The third kappa shape index (κ3) is 1.79. The average Bonchev–Trinajstić information content (AvgIpc) is 2.51. The summed E-state index contributed by atoms with van der Waals surface area (Å²) in [6.45, 7) is 2.31. The van der Waals surface area contributed by atoms with E-state index in [0.717, 1.165) is 0 Å². The number of halogens is 1. The molecule has 1 N–H and O–H groups in total. The van der Waals surface area contributed by atoms with Gasteiger partial charge in [-0.2, -0.15) is 0 Å². The number of hydrogen-bond donors (Lipinski definition) is 1. The van der Waals surface area contributed by atoms with Crippen molar-refractivity contribution in [2.75, 3.05) is 6.61 Å². The molecule has 2 atom stereocenters. The smallest absolute Gasteiger partial charge is 0.313 e. The molecule has 1 heterocycles. The van der Waals surface area contributed by atoms with Crippen LogP contribution in [0.2, 0.25) is 5.02 Å². The fourth-order valence-electron chi connectivity index (χ4n) is 1.84. The number of rotatable bonds is 1. The van der Waals surface area contributed by atoms with Crippen molar-refractivity contribution in [1.82, 2.24) is 0 Å². The van der Waals surface area contributed by atoms with Crippen LogP contribution in [-0.2, 0) is 9.53 Å². The van der Waals surface area contributed by atoms with Crippen LogP contribution >= 0.6 is 11.6 Å². The molecule has 1 aromatic rings. The molecule has 3 nitrogen and oxygen atoms in total. The highest BCUT2D eigenvalue weighted by Gasteiger charge is 2.36. The number of phenols is 1. The van der Waals surface area contributed by atoms with Gasteiger partial charge >= 0.3 is 5.97 Å². The van der Waals surface area contributed by atoms with E-state index in [1.54, 1.807) is 12.1 Å². The number of hydrogen-bond acceptors (Lipinski definition) is 3. The number of carbonyl (C=O) groups is 1. The fourth-order valence-corrected chi connectivity index (χ4v) is 2.02. The van der Waals surface area contributed by atoms with Crippen molar-refractivity contribution in [2.45, 2.75) is 12.8 Å². The van der Waals surface area contributed by atoms with Crippen molar-refractivity contribution >= 4 is 17.6 Å². The molecule has 0 unspecified atom stereocenters. The molecular weight excluding hydrogens is 216 g/mol. The molecule has 2 rings (SSSR count). The summed E-state index contributed by atoms with van der Waals surface area (Å²) >= 11 is 5.83. The predicted molar refractivity (Wildman–Crippen MR) is 56.0 cm³/mol. The molecule has 80 valence electrons. The van der Waals surface area contributed by atoms with E-state index in [1.165, 1.54) is 6.07 Å². The second kappa shape index (κ2) is 3.74. The molecule has 1 aliphatic heterocycles. The molecule has 1 aromatic carbocycles. The highest BCUT2D eigenvalue weighted by atomic mass is 35.5. The Labute approximate surface area is 92.6 Å². The van der Waals surface area contributed by atoms with E-state index >= 15 is 0 Å². The van der Waals surface area contributed by atoms with Crippen LogP contribution in [0.15, 0.2) is 18.2 Å². The van der Waals surface area contributed by atoms with Crippen molar-refractivity contribution in [2.24, 2.45) is 5.92 Å². The van der Waals surface area contributed by atoms with Crippen LogP contribution in [0, 0.1) is 5.92 Å². The van der Waals surface area contributed by atoms with Gasteiger partial charge in [0.1, 0.15) is 5.75 Å². The number of cyclic esters (lactones) is 1. The van der Waals surface area contributed by atoms with Gasteiger partial charge in [-0.15, -0.1) is 0 Å². The first kappa shape index (κ1) is 10.3. The maximum Gasteiger partial charge on any atom is 0.313 e. The van der Waals surface area contributed by atoms with Crippen LogP contribution in [0.5, 0.6) is 5.75 Å². The molecule has 1 fully saturated rings. The SMILES string of the molecule is C[C@H]1COC(=O)[C@@H]1c1cc(Cl)ccc1O. The summed E-state index contributed by atoms with van der Waals surface area (Å²) in [6, 6.07) is 4.70. The van der Waals surface area contributed by atoms with E-state index in [1.807, 2.05) is 6.92 Å². The molecule has 1 aliphatic rings. The minimum atomic E-state index is -0.399. The van der Waals surface area contributed by atoms with Crippen LogP contribution in [-0.4, -0.2) is 17.7 Å². The van der Waals surface area contributed by atoms with Gasteiger partial charge < -0.3 is 9.84 Å². The summed E-state index contributed by atoms with van der Waals surface area (Å²) in [4.78, 5) is 11.5. The Morgan fingerprint density at radius 2 is 2.27 bits per heavy atom. The Morgan fingerprint density at radius 3 is 2.87 bits per heavy atom. The Balaban J connectivity index is 2.44. The van der Waals surface area contributed by atoms with Crippen LogP contribution in [0.1, 0.15) is 18.4 Å². The lowest BCUT2D eigenvalue weighted by Gasteiger charge is -2.12. The molecular formula is C11H11ClO3. The van der Waals surface area contributed by atoms with Gasteiger partial charge in [0, 0.05) is 16.5 Å². The molecule has 0 saturated carbocycles. The second-order valence-corrected chi connectivity index (χ2v) is 4.22. The van der Waals surface area contributed by atoms with Gasteiger partial charge in [-0.1, -0.05) is 18.5 Å². The summed E-state index contributed by atoms with van der Waals surface area (Å²) in [5, 5.41) is 10.2. The summed E-state index contributed by atoms with van der Waals surface area (Å²) in [6.07, 6.45) is 0. The number of aromatic hydroxyl groups is 1. The van der Waals surface area contributed by atoms with E-state index in [4.69, 9.17) is 16.3 Å². The fraction of sp³-hybridized carbons (Fsp3) is 0.364. The first-order valence-electron chi connectivity index (χ1n) is 4.74. The van der Waals surface area contributed by atoms with Gasteiger partial charge in [0.2, 0.25) is 0 Å². The van der Waals surface area contributed by atoms with E-state index in [9.17, 15) is 9.90 Å². The van der Waals surface area contributed by atoms with Gasteiger partial charge in [-0.3, -0.25) is 4.79 Å². The maximum atomic E-state index is 11.5. The molecule has 0 spiro atoms. The molecule has 15 heavy (non-hydrogen) atoms. The minimum absolute atomic E-state index is 0.0712. The highest BCUT2D eigenvalue weighted by Crippen LogP contribution is 2.37. The first-order valence-corrected chi connectivity index (χ1v) is 5.12. The molecule has 4 heteroatoms. The van der Waals surface area contributed by atoms with Gasteiger partial charge in [-0.05, 0) is 18.2 Å². The standard InChI is InChI=1S/C11H11ClO3/c1-6-5-15-11(14)10(6)8-4-7(12)2-3-9(8)13/h2-4,6,10,13H,5H2,1H3/t6-,10-/m0/s1. The number of benzene rings is 1. The molecule has 0 radical (unpaired) electrons. The Hall–Kier alpha value is -1.22. The summed E-state index contributed by atoms with van der Waals surface area (Å²) < 4.78 is 4.93. The lowest BCUT2D eigenvalue weighted by atomic mass is 9.89. The van der Waals surface area contributed by atoms with Crippen LogP contribution < -0.4 is 0 Å². The van der Waals surface area contributed by atoms with Gasteiger partial charge in [-0.25, -0.2) is 0 Å². The van der Waals surface area contributed by atoms with E-state index in [-0.39, 0.29) is 17.6 Å². The van der Waals surface area contributed by atoms with Crippen molar-refractivity contribution < 1.29 is 14.6 Å². The van der Waals surface area contributed by atoms with Gasteiger partial charge in [0.05, 0.1) is 12.5 Å². The summed E-state index contributed by atoms with van der Waals surface area (Å²) in [7, 11) is 0. The summed E-state index contributed by atoms with van der Waals surface area (Å²) in [5.74, 6) is -0.527. The Bertz CT molecular complexity index is 403. The maximum absolute atomic E-state index is 11.5. The van der Waals surface area contributed by atoms with Crippen molar-refractivity contribution in [1.29, 1.82) is 0 Å². The zero-order valence-electron chi connectivity index (χ0n) is 8.24. The Kier molecular flexibility index (Phi) is 2.57. The van der Waals surface area contributed by atoms with Gasteiger partial charge in [0.25, 0.3) is 0 Å². The topological polar surface area (TPSA) is 46.5 Å². The number of ether oxygens (including phenoxy) is 1. The third-order valence-corrected chi connectivity index (χ3v) is 2.87. The largest absolute Gasteiger partial charge is 0.508 e. The highest BCUT2D eigenvalue weighted by molar-refractivity contribution is 6.30. The van der Waals surface area contributed by atoms with E-state index in [2.05, 4.69) is 0 Å². The number of carbonyl (C=O) groups excluding carboxylic acids is 1. The molecule has 0 aromatic heterocycles. The lowest BCUT2D eigenvalue weighted by molar-refractivity contribution is -0.139. The van der Waals surface area contributed by atoms with Crippen molar-refractivity contribution in [3.63, 3.8) is 0 Å². The monoisotopic (exact) mass is 226 g/mol. The predicted octanol–water partition coefficient (Wildman–Crippen LogP) is 2.32. The molecule has 0 aliphatic carbocycles. The summed E-state index contributed by atoms with van der Waals surface area (Å²) in [5.41, 5.74) is 0.553. The van der Waals surface area contributed by atoms with Crippen molar-refractivity contribution in [3.8, 4) is 5.75 Å². The van der Waals surface area contributed by atoms with E-state index < -0.39 is 5.92 Å². The quantitative estimate of drug-likeness (QED) is 0.748. The van der Waals surface area contributed by atoms with Crippen LogP contribution in [0.3, 0.4) is 0 Å². The van der Waals surface area contributed by atoms with Gasteiger partial charge in [0.15, 0.2) is 0 Å².